The van der Waals surface area contributed by atoms with Crippen LogP contribution in [0.4, 0.5) is 0 Å². The first-order valence-corrected chi connectivity index (χ1v) is 7.54. The van der Waals surface area contributed by atoms with Crippen molar-refractivity contribution in [1.82, 2.24) is 5.32 Å². The molecule has 21 heavy (non-hydrogen) atoms. The molecule has 1 aromatic rings. The van der Waals surface area contributed by atoms with E-state index in [2.05, 4.69) is 5.32 Å². The van der Waals surface area contributed by atoms with Crippen molar-refractivity contribution in [2.45, 2.75) is 52.6 Å². The van der Waals surface area contributed by atoms with Crippen LogP contribution in [0.25, 0.3) is 0 Å². The third-order valence-corrected chi connectivity index (χ3v) is 3.60. The molecule has 0 saturated carbocycles. The van der Waals surface area contributed by atoms with Crippen LogP contribution in [0.2, 0.25) is 0 Å². The fraction of sp³-hybridized carbons (Fsp3) is 0.588. The van der Waals surface area contributed by atoms with E-state index in [0.29, 0.717) is 13.0 Å². The van der Waals surface area contributed by atoms with Gasteiger partial charge in [0.25, 0.3) is 0 Å². The molecule has 2 N–H and O–H groups in total. The van der Waals surface area contributed by atoms with Gasteiger partial charge in [0, 0.05) is 6.54 Å². The summed E-state index contributed by atoms with van der Waals surface area (Å²) in [4.78, 5) is 11.7. The molecular formula is C17H27NO3. The molecule has 0 aromatic heterocycles. The summed E-state index contributed by atoms with van der Waals surface area (Å²) in [6.07, 6.45) is 1.85. The lowest BCUT2D eigenvalue weighted by Crippen LogP contribution is -2.40. The van der Waals surface area contributed by atoms with Crippen LogP contribution in [0.5, 0.6) is 5.75 Å². The number of nitrogens with one attached hydrogen (secondary N) is 1. The normalized spacial score (nSPS) is 13.6. The Hall–Kier alpha value is -1.55. The van der Waals surface area contributed by atoms with E-state index >= 15 is 0 Å². The van der Waals surface area contributed by atoms with Gasteiger partial charge in [0.05, 0.1) is 18.6 Å². The maximum absolute atomic E-state index is 11.7. The number of hydrogen-bond acceptors (Lipinski definition) is 3. The smallest absolute Gasteiger partial charge is 0.223 e. The van der Waals surface area contributed by atoms with E-state index in [9.17, 15) is 9.90 Å². The number of ether oxygens (including phenoxy) is 1. The predicted molar refractivity (Wildman–Crippen MR) is 84.6 cm³/mol. The van der Waals surface area contributed by atoms with Crippen molar-refractivity contribution in [3.63, 3.8) is 0 Å². The number of carbonyl (C=O) groups excluding carboxylic acids is 1. The maximum atomic E-state index is 11.7. The first-order chi connectivity index (χ1) is 9.85. The minimum atomic E-state index is -0.835. The van der Waals surface area contributed by atoms with Crippen molar-refractivity contribution in [2.75, 3.05) is 13.2 Å². The summed E-state index contributed by atoms with van der Waals surface area (Å²) < 4.78 is 5.64. The quantitative estimate of drug-likeness (QED) is 0.775. The second kappa shape index (κ2) is 8.03. The maximum Gasteiger partial charge on any atom is 0.223 e. The van der Waals surface area contributed by atoms with Gasteiger partial charge in [-0.15, -0.1) is 0 Å². The van der Waals surface area contributed by atoms with Gasteiger partial charge < -0.3 is 15.2 Å². The van der Waals surface area contributed by atoms with E-state index in [1.54, 1.807) is 6.92 Å². The molecule has 0 aliphatic carbocycles. The zero-order valence-electron chi connectivity index (χ0n) is 13.5. The molecule has 0 aliphatic heterocycles. The SMILES string of the molecule is CCCC(C)(O)CNC(=O)CCOc1cccc(C)c1C. The van der Waals surface area contributed by atoms with Gasteiger partial charge in [0.15, 0.2) is 0 Å². The van der Waals surface area contributed by atoms with Gasteiger partial charge >= 0.3 is 0 Å². The van der Waals surface area contributed by atoms with Crippen molar-refractivity contribution >= 4 is 5.91 Å². The Morgan fingerprint density at radius 1 is 1.38 bits per heavy atom. The van der Waals surface area contributed by atoms with Gasteiger partial charge in [-0.25, -0.2) is 0 Å². The summed E-state index contributed by atoms with van der Waals surface area (Å²) in [6.45, 7) is 8.41. The van der Waals surface area contributed by atoms with E-state index < -0.39 is 5.60 Å². The van der Waals surface area contributed by atoms with E-state index in [4.69, 9.17) is 4.74 Å². The Morgan fingerprint density at radius 3 is 2.76 bits per heavy atom. The van der Waals surface area contributed by atoms with Crippen LogP contribution in [0.15, 0.2) is 18.2 Å². The first-order valence-electron chi connectivity index (χ1n) is 7.54. The second-order valence-electron chi connectivity index (χ2n) is 5.82. The molecule has 118 valence electrons. The highest BCUT2D eigenvalue weighted by molar-refractivity contribution is 5.76. The summed E-state index contributed by atoms with van der Waals surface area (Å²) in [5, 5.41) is 12.7. The lowest BCUT2D eigenvalue weighted by Gasteiger charge is -2.22. The van der Waals surface area contributed by atoms with Crippen molar-refractivity contribution in [1.29, 1.82) is 0 Å². The van der Waals surface area contributed by atoms with Crippen LogP contribution in [-0.2, 0) is 4.79 Å². The molecule has 0 radical (unpaired) electrons. The minimum Gasteiger partial charge on any atom is -0.493 e. The molecule has 0 fully saturated rings. The molecule has 4 nitrogen and oxygen atoms in total. The van der Waals surface area contributed by atoms with Crippen molar-refractivity contribution in [2.24, 2.45) is 0 Å². The molecule has 1 aromatic carbocycles. The molecule has 0 aliphatic rings. The van der Waals surface area contributed by atoms with Crippen LogP contribution in [0.3, 0.4) is 0 Å². The van der Waals surface area contributed by atoms with Gasteiger partial charge in [0.2, 0.25) is 5.91 Å². The highest BCUT2D eigenvalue weighted by Crippen LogP contribution is 2.20. The second-order valence-corrected chi connectivity index (χ2v) is 5.82. The average Bonchev–Trinajstić information content (AvgIpc) is 2.41. The molecule has 0 saturated heterocycles. The summed E-state index contributed by atoms with van der Waals surface area (Å²) in [7, 11) is 0. The van der Waals surface area contributed by atoms with Crippen LogP contribution in [0.1, 0.15) is 44.2 Å². The summed E-state index contributed by atoms with van der Waals surface area (Å²) in [5.74, 6) is 0.720. The first kappa shape index (κ1) is 17.5. The summed E-state index contributed by atoms with van der Waals surface area (Å²) in [6, 6.07) is 5.89. The lowest BCUT2D eigenvalue weighted by molar-refractivity contribution is -0.122. The van der Waals surface area contributed by atoms with Gasteiger partial charge in [-0.1, -0.05) is 25.5 Å². The van der Waals surface area contributed by atoms with E-state index in [0.717, 1.165) is 17.7 Å². The predicted octanol–water partition coefficient (Wildman–Crippen LogP) is 2.74. The van der Waals surface area contributed by atoms with Crippen LogP contribution >= 0.6 is 0 Å². The van der Waals surface area contributed by atoms with E-state index in [1.807, 2.05) is 39.0 Å². The van der Waals surface area contributed by atoms with E-state index in [-0.39, 0.29) is 18.9 Å². The number of amides is 1. The van der Waals surface area contributed by atoms with E-state index in [1.165, 1.54) is 5.56 Å². The van der Waals surface area contributed by atoms with Crippen LogP contribution < -0.4 is 10.1 Å². The molecule has 0 bridgehead atoms. The largest absolute Gasteiger partial charge is 0.493 e. The van der Waals surface area contributed by atoms with Crippen LogP contribution in [-0.4, -0.2) is 29.8 Å². The molecule has 0 heterocycles. The standard InChI is InChI=1S/C17H27NO3/c1-5-10-17(4,20)12-18-16(19)9-11-21-15-8-6-7-13(2)14(15)3/h6-8,20H,5,9-12H2,1-4H3,(H,18,19). The third kappa shape index (κ3) is 6.17. The highest BCUT2D eigenvalue weighted by Gasteiger charge is 2.19. The molecular weight excluding hydrogens is 266 g/mol. The zero-order chi connectivity index (χ0) is 15.9. The fourth-order valence-corrected chi connectivity index (χ4v) is 2.14. The van der Waals surface area contributed by atoms with Gasteiger partial charge in [0.1, 0.15) is 5.75 Å². The Kier molecular flexibility index (Phi) is 6.69. The number of rotatable bonds is 8. The number of benzene rings is 1. The Morgan fingerprint density at radius 2 is 2.10 bits per heavy atom. The topological polar surface area (TPSA) is 58.6 Å². The Labute approximate surface area is 127 Å². The van der Waals surface area contributed by atoms with Crippen molar-refractivity contribution in [3.05, 3.63) is 29.3 Å². The lowest BCUT2D eigenvalue weighted by atomic mass is 10.0. The number of aryl methyl sites for hydroxylation is 1. The minimum absolute atomic E-state index is 0.100. The van der Waals surface area contributed by atoms with Gasteiger partial charge in [-0.3, -0.25) is 4.79 Å². The average molecular weight is 293 g/mol. The zero-order valence-corrected chi connectivity index (χ0v) is 13.5. The number of aliphatic hydroxyl groups is 1. The van der Waals surface area contributed by atoms with Gasteiger partial charge in [-0.2, -0.15) is 0 Å². The molecule has 4 heteroatoms. The van der Waals surface area contributed by atoms with Crippen molar-refractivity contribution in [3.8, 4) is 5.75 Å². The van der Waals surface area contributed by atoms with Gasteiger partial charge in [-0.05, 0) is 44.4 Å². The highest BCUT2D eigenvalue weighted by atomic mass is 16.5. The molecule has 0 spiro atoms. The summed E-state index contributed by atoms with van der Waals surface area (Å²) in [5.41, 5.74) is 1.44. The molecule has 1 amide bonds. The number of hydrogen-bond donors (Lipinski definition) is 2. The monoisotopic (exact) mass is 293 g/mol. The Balaban J connectivity index is 2.32. The Bertz CT molecular complexity index is 469. The molecule has 1 atom stereocenters. The molecule has 1 unspecified atom stereocenters. The summed E-state index contributed by atoms with van der Waals surface area (Å²) >= 11 is 0. The number of carbonyl (C=O) groups is 1. The molecule has 1 rings (SSSR count). The fourth-order valence-electron chi connectivity index (χ4n) is 2.14. The van der Waals surface area contributed by atoms with Crippen LogP contribution in [0, 0.1) is 13.8 Å². The third-order valence-electron chi connectivity index (χ3n) is 3.60. The van der Waals surface area contributed by atoms with Crippen molar-refractivity contribution < 1.29 is 14.6 Å².